The number of hydrogen-bond donors (Lipinski definition) is 5. The fourth-order valence-corrected chi connectivity index (χ4v) is 4.39. The van der Waals surface area contributed by atoms with E-state index in [0.29, 0.717) is 37.1 Å². The summed E-state index contributed by atoms with van der Waals surface area (Å²) >= 11 is 0. The van der Waals surface area contributed by atoms with E-state index < -0.39 is 0 Å². The molecular formula is C50H117NO10. The van der Waals surface area contributed by atoms with E-state index in [4.69, 9.17) is 39.7 Å². The molecule has 2 rings (SSSR count). The van der Waals surface area contributed by atoms with Gasteiger partial charge in [0.1, 0.15) is 32.7 Å². The van der Waals surface area contributed by atoms with Gasteiger partial charge in [-0.05, 0) is 76.0 Å². The van der Waals surface area contributed by atoms with Gasteiger partial charge in [-0.1, -0.05) is 176 Å². The van der Waals surface area contributed by atoms with Gasteiger partial charge in [0, 0.05) is 19.8 Å². The van der Waals surface area contributed by atoms with Crippen molar-refractivity contribution >= 4 is 5.91 Å². The molecule has 0 aromatic heterocycles. The first-order chi connectivity index (χ1) is 29.1. The van der Waals surface area contributed by atoms with Gasteiger partial charge in [-0.25, -0.2) is 0 Å². The monoisotopic (exact) mass is 892 g/mol. The molecule has 1 saturated carbocycles. The van der Waals surface area contributed by atoms with Crippen molar-refractivity contribution in [2.75, 3.05) is 60.1 Å². The molecule has 0 bridgehead atoms. The number of amides is 1. The standard InChI is InChI=1S/C9H20O2.C7H11NO.C7H16O2.C6H14O2.C4H10O2.5C3H8.C2H6O/c1-4-9(5-2,6-3)7-11-8-10;1-2-5-8-6(9)7(8)3-4-7;1-3-7(4-2)5-9-6-8;1-3-6(4-2)8-5-7;1-2-3-6-4-5;5*1-3-2;1-2-3/h10H,4-8H2,1-3H3;2-5H2,1H3;7-8H,3-6H2,1-2H3;6-7H,3-5H2,1-2H3;5H,2-4H2,1H3;5*3H2,1-2H3;3H,2H2,1H3. The maximum atomic E-state index is 10.9. The normalized spacial score (nSPS) is 11.8. The molecule has 382 valence electrons. The molecule has 1 aliphatic carbocycles. The summed E-state index contributed by atoms with van der Waals surface area (Å²) in [5.74, 6) is 1.03. The molecule has 2 aliphatic rings. The first kappa shape index (κ1) is 80.4. The van der Waals surface area contributed by atoms with E-state index in [-0.39, 0.29) is 45.4 Å². The quantitative estimate of drug-likeness (QED) is 0.0452. The minimum absolute atomic E-state index is 0.121. The fourth-order valence-electron chi connectivity index (χ4n) is 4.39. The van der Waals surface area contributed by atoms with Crippen LogP contribution in [0.2, 0.25) is 0 Å². The number of aliphatic hydroxyl groups excluding tert-OH is 5. The number of hydrogen-bond acceptors (Lipinski definition) is 10. The Morgan fingerprint density at radius 1 is 0.541 bits per heavy atom. The predicted octanol–water partition coefficient (Wildman–Crippen LogP) is 12.9. The summed E-state index contributed by atoms with van der Waals surface area (Å²) in [6, 6.07) is 0. The van der Waals surface area contributed by atoms with E-state index in [0.717, 1.165) is 77.2 Å². The minimum Gasteiger partial charge on any atom is -0.397 e. The molecule has 5 N–H and O–H groups in total. The number of nitrogens with zero attached hydrogens (tertiary/aromatic N) is 1. The highest BCUT2D eigenvalue weighted by atomic mass is 16.6. The van der Waals surface area contributed by atoms with Crippen LogP contribution in [0.4, 0.5) is 0 Å². The first-order valence-electron chi connectivity index (χ1n) is 24.9. The summed E-state index contributed by atoms with van der Waals surface area (Å²) < 4.78 is 19.3. The van der Waals surface area contributed by atoms with Gasteiger partial charge in [-0.15, -0.1) is 0 Å². The van der Waals surface area contributed by atoms with E-state index in [1.165, 1.54) is 32.1 Å². The maximum Gasteiger partial charge on any atom is 0.249 e. The molecule has 1 aliphatic heterocycles. The summed E-state index contributed by atoms with van der Waals surface area (Å²) in [7, 11) is 0. The van der Waals surface area contributed by atoms with Crippen LogP contribution in [-0.2, 0) is 23.7 Å². The molecule has 11 nitrogen and oxygen atoms in total. The lowest BCUT2D eigenvalue weighted by Gasteiger charge is -2.29. The van der Waals surface area contributed by atoms with Gasteiger partial charge >= 0.3 is 0 Å². The van der Waals surface area contributed by atoms with Gasteiger partial charge in [0.15, 0.2) is 0 Å². The number of rotatable bonds is 20. The van der Waals surface area contributed by atoms with Crippen molar-refractivity contribution in [3.63, 3.8) is 0 Å². The second-order valence-electron chi connectivity index (χ2n) is 14.8. The summed E-state index contributed by atoms with van der Waals surface area (Å²) in [6.07, 6.45) is 18.5. The topological polar surface area (TPSA) is 158 Å². The molecule has 1 spiro atoms. The van der Waals surface area contributed by atoms with Crippen LogP contribution in [-0.4, -0.2) is 108 Å². The van der Waals surface area contributed by atoms with E-state index in [2.05, 4.69) is 116 Å². The van der Waals surface area contributed by atoms with Crippen molar-refractivity contribution in [3.05, 3.63) is 0 Å². The van der Waals surface area contributed by atoms with Crippen molar-refractivity contribution in [2.45, 2.75) is 253 Å². The Balaban J connectivity index is -0.0000000725. The number of carbonyl (C=O) groups excluding carboxylic acids is 1. The summed E-state index contributed by atoms with van der Waals surface area (Å²) in [4.78, 5) is 12.9. The smallest absolute Gasteiger partial charge is 0.249 e. The predicted molar refractivity (Wildman–Crippen MR) is 266 cm³/mol. The minimum atomic E-state index is -0.151. The van der Waals surface area contributed by atoms with Gasteiger partial charge in [-0.2, -0.15) is 0 Å². The van der Waals surface area contributed by atoms with Crippen molar-refractivity contribution in [3.8, 4) is 0 Å². The zero-order chi connectivity index (χ0) is 49.8. The van der Waals surface area contributed by atoms with Crippen molar-refractivity contribution in [2.24, 2.45) is 11.3 Å². The third-order valence-corrected chi connectivity index (χ3v) is 8.29. The molecule has 1 heterocycles. The Morgan fingerprint density at radius 3 is 1.08 bits per heavy atom. The highest BCUT2D eigenvalue weighted by molar-refractivity contribution is 6.05. The Morgan fingerprint density at radius 2 is 0.902 bits per heavy atom. The highest BCUT2D eigenvalue weighted by Gasteiger charge is 2.70. The Kier molecular flexibility index (Phi) is 96.9. The maximum absolute atomic E-state index is 10.9. The van der Waals surface area contributed by atoms with Crippen LogP contribution < -0.4 is 0 Å². The van der Waals surface area contributed by atoms with E-state index >= 15 is 0 Å². The Bertz CT molecular complexity index is 645. The van der Waals surface area contributed by atoms with Gasteiger partial charge in [0.05, 0.1) is 19.3 Å². The molecule has 2 fully saturated rings. The average molecular weight is 892 g/mol. The van der Waals surface area contributed by atoms with E-state index in [1.54, 1.807) is 6.92 Å². The summed E-state index contributed by atoms with van der Waals surface area (Å²) in [6.45, 7) is 44.6. The molecule has 1 saturated heterocycles. The van der Waals surface area contributed by atoms with Crippen LogP contribution >= 0.6 is 0 Å². The highest BCUT2D eigenvalue weighted by Crippen LogP contribution is 2.54. The second kappa shape index (κ2) is 73.5. The summed E-state index contributed by atoms with van der Waals surface area (Å²) in [5, 5.41) is 40.6. The molecule has 61 heavy (non-hydrogen) atoms. The van der Waals surface area contributed by atoms with Gasteiger partial charge in [0.25, 0.3) is 0 Å². The van der Waals surface area contributed by atoms with Gasteiger partial charge in [0.2, 0.25) is 5.91 Å². The molecule has 0 radical (unpaired) electrons. The first-order valence-corrected chi connectivity index (χ1v) is 24.9. The Hall–Kier alpha value is -0.890. The van der Waals surface area contributed by atoms with Crippen molar-refractivity contribution in [1.82, 2.24) is 4.90 Å². The molecule has 11 heteroatoms. The second-order valence-corrected chi connectivity index (χ2v) is 14.8. The molecule has 1 amide bonds. The van der Waals surface area contributed by atoms with Crippen LogP contribution in [0.15, 0.2) is 0 Å². The third-order valence-electron chi connectivity index (χ3n) is 8.29. The molecule has 0 unspecified atom stereocenters. The van der Waals surface area contributed by atoms with Crippen molar-refractivity contribution in [1.29, 1.82) is 0 Å². The zero-order valence-corrected chi connectivity index (χ0v) is 45.1. The van der Waals surface area contributed by atoms with E-state index in [1.807, 2.05) is 25.7 Å². The van der Waals surface area contributed by atoms with Gasteiger partial charge in [-0.3, -0.25) is 4.79 Å². The number of carbonyl (C=O) groups is 1. The van der Waals surface area contributed by atoms with Crippen molar-refractivity contribution < 1.29 is 49.3 Å². The fraction of sp³-hybridized carbons (Fsp3) is 0.980. The van der Waals surface area contributed by atoms with Crippen LogP contribution in [0.5, 0.6) is 0 Å². The van der Waals surface area contributed by atoms with Crippen LogP contribution in [0, 0.1) is 11.3 Å². The van der Waals surface area contributed by atoms with Crippen LogP contribution in [0.3, 0.4) is 0 Å². The zero-order valence-electron chi connectivity index (χ0n) is 45.1. The lowest BCUT2D eigenvalue weighted by atomic mass is 9.81. The summed E-state index contributed by atoms with van der Waals surface area (Å²) in [5.41, 5.74) is 0.415. The number of aliphatic hydroxyl groups is 5. The molecular weight excluding hydrogens is 775 g/mol. The van der Waals surface area contributed by atoms with E-state index in [9.17, 15) is 4.79 Å². The molecule has 0 aromatic carbocycles. The van der Waals surface area contributed by atoms with Crippen LogP contribution in [0.1, 0.15) is 241 Å². The van der Waals surface area contributed by atoms with Crippen LogP contribution in [0.25, 0.3) is 0 Å². The lowest BCUT2D eigenvalue weighted by molar-refractivity contribution is -0.114. The molecule has 0 atom stereocenters. The largest absolute Gasteiger partial charge is 0.397 e. The average Bonchev–Trinajstić information content (AvgIpc) is 4.16. The number of ether oxygens (including phenoxy) is 4. The third kappa shape index (κ3) is 68.3. The van der Waals surface area contributed by atoms with Gasteiger partial charge < -0.3 is 49.4 Å². The lowest BCUT2D eigenvalue weighted by Crippen LogP contribution is -2.24. The SMILES string of the molecule is CCC.CCC.CCC.CCC.CCC.CCC(CC)(CC)COCO.CCC(CC)COCO.CCC(CC)OCO.CCCN1C(=O)C12CC2.CCCOCO.CCO. The molecule has 0 aromatic rings. The Labute approximate surface area is 383 Å².